The molecule has 3 rings (SSSR count). The van der Waals surface area contributed by atoms with Crippen LogP contribution in [0.1, 0.15) is 35.7 Å². The molecule has 0 radical (unpaired) electrons. The van der Waals surface area contributed by atoms with Crippen molar-refractivity contribution in [2.45, 2.75) is 32.7 Å². The Hall–Kier alpha value is -1.48. The highest BCUT2D eigenvalue weighted by Crippen LogP contribution is 2.36. The number of rotatable bonds is 2. The van der Waals surface area contributed by atoms with Gasteiger partial charge < -0.3 is 14.6 Å². The van der Waals surface area contributed by atoms with Crippen LogP contribution in [0.3, 0.4) is 0 Å². The molecule has 1 aromatic heterocycles. The Labute approximate surface area is 114 Å². The Morgan fingerprint density at radius 2 is 2.11 bits per heavy atom. The van der Waals surface area contributed by atoms with Crippen LogP contribution in [0, 0.1) is 13.8 Å². The molecule has 1 fully saturated rings. The lowest BCUT2D eigenvalue weighted by Crippen LogP contribution is -2.16. The Morgan fingerprint density at radius 3 is 2.74 bits per heavy atom. The van der Waals surface area contributed by atoms with Crippen LogP contribution in [0.25, 0.3) is 10.9 Å². The average molecular weight is 258 g/mol. The maximum atomic E-state index is 5.41. The fourth-order valence-electron chi connectivity index (χ4n) is 3.52. The molecule has 0 spiro atoms. The molecule has 1 saturated heterocycles. The van der Waals surface area contributed by atoms with E-state index in [0.29, 0.717) is 6.04 Å². The van der Waals surface area contributed by atoms with E-state index < -0.39 is 0 Å². The van der Waals surface area contributed by atoms with Gasteiger partial charge in [0.05, 0.1) is 12.6 Å². The molecule has 1 N–H and O–H groups in total. The van der Waals surface area contributed by atoms with Crippen molar-refractivity contribution >= 4 is 10.9 Å². The number of benzene rings is 1. The normalized spacial score (nSPS) is 19.3. The van der Waals surface area contributed by atoms with Crippen molar-refractivity contribution in [2.75, 3.05) is 13.7 Å². The molecular formula is C16H22N2O. The van der Waals surface area contributed by atoms with Crippen LogP contribution in [0.4, 0.5) is 0 Å². The highest BCUT2D eigenvalue weighted by atomic mass is 16.5. The summed E-state index contributed by atoms with van der Waals surface area (Å²) >= 11 is 0. The van der Waals surface area contributed by atoms with E-state index in [1.807, 2.05) is 0 Å². The van der Waals surface area contributed by atoms with E-state index in [1.165, 1.54) is 40.6 Å². The SMILES string of the molecule is COc1cc(C)c2c(c1)c(C)c(C1CCCN1)n2C. The smallest absolute Gasteiger partial charge is 0.119 e. The van der Waals surface area contributed by atoms with Crippen LogP contribution in [0.15, 0.2) is 12.1 Å². The summed E-state index contributed by atoms with van der Waals surface area (Å²) < 4.78 is 7.77. The quantitative estimate of drug-likeness (QED) is 0.895. The van der Waals surface area contributed by atoms with Crippen molar-refractivity contribution in [3.8, 4) is 5.75 Å². The zero-order valence-electron chi connectivity index (χ0n) is 12.2. The predicted octanol–water partition coefficient (Wildman–Crippen LogP) is 3.23. The van der Waals surface area contributed by atoms with Crippen LogP contribution >= 0.6 is 0 Å². The van der Waals surface area contributed by atoms with Crippen molar-refractivity contribution in [3.63, 3.8) is 0 Å². The molecule has 1 aliphatic rings. The van der Waals surface area contributed by atoms with Gasteiger partial charge in [0.1, 0.15) is 5.75 Å². The lowest BCUT2D eigenvalue weighted by molar-refractivity contribution is 0.415. The summed E-state index contributed by atoms with van der Waals surface area (Å²) in [6.45, 7) is 5.53. The van der Waals surface area contributed by atoms with E-state index in [2.05, 4.69) is 42.9 Å². The van der Waals surface area contributed by atoms with Crippen LogP contribution in [0.2, 0.25) is 0 Å². The highest BCUT2D eigenvalue weighted by Gasteiger charge is 2.24. The number of nitrogens with zero attached hydrogens (tertiary/aromatic N) is 1. The molecule has 3 heteroatoms. The molecule has 2 aromatic rings. The van der Waals surface area contributed by atoms with Crippen LogP contribution < -0.4 is 10.1 Å². The summed E-state index contributed by atoms with van der Waals surface area (Å²) in [5, 5.41) is 4.93. The van der Waals surface area contributed by atoms with Crippen molar-refractivity contribution in [3.05, 3.63) is 29.0 Å². The second kappa shape index (κ2) is 4.57. The first-order valence-electron chi connectivity index (χ1n) is 7.00. The molecule has 1 aromatic carbocycles. The first kappa shape index (κ1) is 12.5. The molecule has 0 aliphatic carbocycles. The highest BCUT2D eigenvalue weighted by molar-refractivity contribution is 5.89. The molecule has 0 amide bonds. The molecule has 1 atom stereocenters. The maximum Gasteiger partial charge on any atom is 0.119 e. The first-order valence-corrected chi connectivity index (χ1v) is 7.00. The number of aromatic nitrogens is 1. The van der Waals surface area contributed by atoms with Gasteiger partial charge in [0, 0.05) is 24.2 Å². The van der Waals surface area contributed by atoms with Crippen molar-refractivity contribution in [2.24, 2.45) is 7.05 Å². The lowest BCUT2D eigenvalue weighted by atomic mass is 10.0. The number of hydrogen-bond donors (Lipinski definition) is 1. The number of nitrogens with one attached hydrogen (secondary N) is 1. The molecular weight excluding hydrogens is 236 g/mol. The van der Waals surface area contributed by atoms with E-state index in [4.69, 9.17) is 4.74 Å². The van der Waals surface area contributed by atoms with Gasteiger partial charge in [-0.25, -0.2) is 0 Å². The fourth-order valence-corrected chi connectivity index (χ4v) is 3.52. The van der Waals surface area contributed by atoms with E-state index in [0.717, 1.165) is 12.3 Å². The molecule has 0 bridgehead atoms. The van der Waals surface area contributed by atoms with Gasteiger partial charge in [-0.1, -0.05) is 0 Å². The fraction of sp³-hybridized carbons (Fsp3) is 0.500. The monoisotopic (exact) mass is 258 g/mol. The lowest BCUT2D eigenvalue weighted by Gasteiger charge is -2.14. The Kier molecular flexibility index (Phi) is 3.02. The van der Waals surface area contributed by atoms with Gasteiger partial charge in [-0.3, -0.25) is 0 Å². The molecule has 102 valence electrons. The third-order valence-electron chi connectivity index (χ3n) is 4.39. The number of hydrogen-bond acceptors (Lipinski definition) is 2. The van der Waals surface area contributed by atoms with Gasteiger partial charge in [-0.15, -0.1) is 0 Å². The zero-order valence-corrected chi connectivity index (χ0v) is 12.2. The topological polar surface area (TPSA) is 26.2 Å². The van der Waals surface area contributed by atoms with E-state index in [-0.39, 0.29) is 0 Å². The third-order valence-corrected chi connectivity index (χ3v) is 4.39. The van der Waals surface area contributed by atoms with Gasteiger partial charge >= 0.3 is 0 Å². The number of aryl methyl sites for hydroxylation is 3. The van der Waals surface area contributed by atoms with Crippen LogP contribution in [0.5, 0.6) is 5.75 Å². The van der Waals surface area contributed by atoms with E-state index in [9.17, 15) is 0 Å². The van der Waals surface area contributed by atoms with Crippen molar-refractivity contribution < 1.29 is 4.74 Å². The predicted molar refractivity (Wildman–Crippen MR) is 78.9 cm³/mol. The molecule has 2 heterocycles. The Bertz CT molecular complexity index is 621. The summed E-state index contributed by atoms with van der Waals surface area (Å²) in [7, 11) is 3.92. The second-order valence-corrected chi connectivity index (χ2v) is 5.56. The Morgan fingerprint density at radius 1 is 1.32 bits per heavy atom. The van der Waals surface area contributed by atoms with Crippen LogP contribution in [-0.4, -0.2) is 18.2 Å². The molecule has 1 unspecified atom stereocenters. The molecule has 0 saturated carbocycles. The van der Waals surface area contributed by atoms with Gasteiger partial charge in [-0.2, -0.15) is 0 Å². The van der Waals surface area contributed by atoms with Gasteiger partial charge in [0.25, 0.3) is 0 Å². The third kappa shape index (κ3) is 1.84. The summed E-state index contributed by atoms with van der Waals surface area (Å²) in [6, 6.07) is 4.78. The molecule has 3 nitrogen and oxygen atoms in total. The maximum absolute atomic E-state index is 5.41. The van der Waals surface area contributed by atoms with Gasteiger partial charge in [-0.05, 0) is 56.5 Å². The minimum atomic E-state index is 0.503. The van der Waals surface area contributed by atoms with Crippen LogP contribution in [-0.2, 0) is 7.05 Å². The molecule has 1 aliphatic heterocycles. The standard InChI is InChI=1S/C16H22N2O/c1-10-8-12(19-4)9-13-11(2)16(18(3)15(10)13)14-6-5-7-17-14/h8-9,14,17H,5-7H2,1-4H3. The zero-order chi connectivity index (χ0) is 13.6. The summed E-state index contributed by atoms with van der Waals surface area (Å²) in [4.78, 5) is 0. The summed E-state index contributed by atoms with van der Waals surface area (Å²) in [6.07, 6.45) is 2.51. The van der Waals surface area contributed by atoms with Crippen molar-refractivity contribution in [1.29, 1.82) is 0 Å². The largest absolute Gasteiger partial charge is 0.497 e. The minimum absolute atomic E-state index is 0.503. The first-order chi connectivity index (χ1) is 9.13. The van der Waals surface area contributed by atoms with E-state index >= 15 is 0 Å². The average Bonchev–Trinajstić information content (AvgIpc) is 2.98. The second-order valence-electron chi connectivity index (χ2n) is 5.56. The molecule has 19 heavy (non-hydrogen) atoms. The summed E-state index contributed by atoms with van der Waals surface area (Å²) in [5.41, 5.74) is 5.44. The van der Waals surface area contributed by atoms with Crippen molar-refractivity contribution in [1.82, 2.24) is 9.88 Å². The number of methoxy groups -OCH3 is 1. The van der Waals surface area contributed by atoms with E-state index in [1.54, 1.807) is 7.11 Å². The van der Waals surface area contributed by atoms with Gasteiger partial charge in [0.15, 0.2) is 0 Å². The van der Waals surface area contributed by atoms with Gasteiger partial charge in [0.2, 0.25) is 0 Å². The number of ether oxygens (including phenoxy) is 1. The minimum Gasteiger partial charge on any atom is -0.497 e. The summed E-state index contributed by atoms with van der Waals surface area (Å²) in [5.74, 6) is 0.949. The number of fused-ring (bicyclic) bond motifs is 1. The Balaban J connectivity index is 2.26.